The molecule has 0 N–H and O–H groups in total. The number of amides is 1. The summed E-state index contributed by atoms with van der Waals surface area (Å²) in [6.07, 6.45) is 7.39. The fourth-order valence-electron chi connectivity index (χ4n) is 4.20. The van der Waals surface area contributed by atoms with E-state index in [0.717, 1.165) is 38.8 Å². The van der Waals surface area contributed by atoms with Crippen molar-refractivity contribution in [1.82, 2.24) is 14.9 Å². The molecular formula is C26H28FN3O2. The van der Waals surface area contributed by atoms with Gasteiger partial charge in [-0.15, -0.1) is 0 Å². The van der Waals surface area contributed by atoms with Crippen LogP contribution in [0.25, 0.3) is 11.3 Å². The van der Waals surface area contributed by atoms with Gasteiger partial charge >= 0.3 is 0 Å². The first kappa shape index (κ1) is 21.9. The van der Waals surface area contributed by atoms with Gasteiger partial charge in [-0.3, -0.25) is 9.78 Å². The van der Waals surface area contributed by atoms with Crippen molar-refractivity contribution in [2.24, 2.45) is 5.92 Å². The maximum Gasteiger partial charge on any atom is 0.260 e. The number of hydrogen-bond donors (Lipinski definition) is 0. The molecule has 1 fully saturated rings. The summed E-state index contributed by atoms with van der Waals surface area (Å²) in [7, 11) is 0. The second-order valence-electron chi connectivity index (χ2n) is 8.31. The van der Waals surface area contributed by atoms with E-state index in [2.05, 4.69) is 34.2 Å². The van der Waals surface area contributed by atoms with Gasteiger partial charge in [-0.1, -0.05) is 30.3 Å². The van der Waals surface area contributed by atoms with Crippen LogP contribution in [0, 0.1) is 18.8 Å². The van der Waals surface area contributed by atoms with Gasteiger partial charge in [-0.05, 0) is 67.9 Å². The van der Waals surface area contributed by atoms with E-state index in [1.54, 1.807) is 25.3 Å². The lowest BCUT2D eigenvalue weighted by atomic mass is 9.90. The second-order valence-corrected chi connectivity index (χ2v) is 8.31. The van der Waals surface area contributed by atoms with Crippen LogP contribution in [-0.2, 0) is 11.2 Å². The van der Waals surface area contributed by atoms with Gasteiger partial charge in [0.05, 0.1) is 0 Å². The number of nitrogens with zero attached hydrogens (tertiary/aromatic N) is 3. The summed E-state index contributed by atoms with van der Waals surface area (Å²) in [6.45, 7) is 3.29. The molecule has 5 nitrogen and oxygen atoms in total. The Bertz CT molecular complexity index is 1050. The number of aryl methyl sites for hydroxylation is 2. The Morgan fingerprint density at radius 3 is 2.66 bits per heavy atom. The topological polar surface area (TPSA) is 55.3 Å². The number of carbonyl (C=O) groups is 1. The third-order valence-corrected chi connectivity index (χ3v) is 6.11. The number of halogens is 1. The smallest absolute Gasteiger partial charge is 0.260 e. The van der Waals surface area contributed by atoms with E-state index < -0.39 is 5.95 Å². The van der Waals surface area contributed by atoms with E-state index in [1.807, 2.05) is 11.0 Å². The molecule has 2 aromatic heterocycles. The van der Waals surface area contributed by atoms with Crippen molar-refractivity contribution in [3.63, 3.8) is 0 Å². The Kier molecular flexibility index (Phi) is 7.10. The number of piperidine rings is 1. The zero-order valence-corrected chi connectivity index (χ0v) is 18.3. The van der Waals surface area contributed by atoms with Crippen molar-refractivity contribution < 1.29 is 13.9 Å². The number of hydrogen-bond acceptors (Lipinski definition) is 4. The van der Waals surface area contributed by atoms with E-state index in [4.69, 9.17) is 4.74 Å². The minimum Gasteiger partial charge on any atom is -0.481 e. The summed E-state index contributed by atoms with van der Waals surface area (Å²) >= 11 is 0. The van der Waals surface area contributed by atoms with Gasteiger partial charge in [0.25, 0.3) is 5.91 Å². The highest BCUT2D eigenvalue weighted by molar-refractivity contribution is 5.78. The average molecular weight is 434 g/mol. The lowest BCUT2D eigenvalue weighted by Crippen LogP contribution is -2.41. The third-order valence-electron chi connectivity index (χ3n) is 6.11. The van der Waals surface area contributed by atoms with Gasteiger partial charge in [0.2, 0.25) is 5.95 Å². The van der Waals surface area contributed by atoms with Crippen LogP contribution in [0.2, 0.25) is 0 Å². The maximum absolute atomic E-state index is 13.4. The Labute approximate surface area is 188 Å². The number of ether oxygens (including phenoxy) is 1. The number of benzene rings is 1. The van der Waals surface area contributed by atoms with Crippen LogP contribution >= 0.6 is 0 Å². The van der Waals surface area contributed by atoms with Crippen molar-refractivity contribution in [2.75, 3.05) is 19.7 Å². The van der Waals surface area contributed by atoms with Crippen molar-refractivity contribution in [3.05, 3.63) is 78.0 Å². The molecule has 1 saturated heterocycles. The number of rotatable bonds is 7. The number of carbonyl (C=O) groups excluding carboxylic acids is 1. The SMILES string of the molecule is Cc1cc(F)ncc1-c1ncccc1OCC(=O)N1CCC(CCc2ccccc2)CC1. The van der Waals surface area contributed by atoms with Gasteiger partial charge in [0.1, 0.15) is 11.4 Å². The molecule has 1 aliphatic heterocycles. The first-order chi connectivity index (χ1) is 15.6. The minimum atomic E-state index is -0.535. The summed E-state index contributed by atoms with van der Waals surface area (Å²) in [4.78, 5) is 22.7. The van der Waals surface area contributed by atoms with Crippen LogP contribution in [-0.4, -0.2) is 40.5 Å². The van der Waals surface area contributed by atoms with Crippen LogP contribution in [0.3, 0.4) is 0 Å². The van der Waals surface area contributed by atoms with Crippen molar-refractivity contribution in [1.29, 1.82) is 0 Å². The molecule has 4 rings (SSSR count). The molecule has 166 valence electrons. The standard InChI is InChI=1S/C26H28FN3O2/c1-19-16-24(27)29-17-22(19)26-23(8-5-13-28-26)32-18-25(31)30-14-11-21(12-15-30)10-9-20-6-3-2-4-7-20/h2-8,13,16-17,21H,9-12,14-15,18H2,1H3. The third kappa shape index (κ3) is 5.49. The quantitative estimate of drug-likeness (QED) is 0.500. The summed E-state index contributed by atoms with van der Waals surface area (Å²) in [5, 5.41) is 0. The molecule has 32 heavy (non-hydrogen) atoms. The lowest BCUT2D eigenvalue weighted by Gasteiger charge is -2.32. The molecule has 3 aromatic rings. The number of pyridine rings is 2. The van der Waals surface area contributed by atoms with Gasteiger partial charge in [-0.2, -0.15) is 4.39 Å². The Morgan fingerprint density at radius 1 is 1.12 bits per heavy atom. The molecule has 0 atom stereocenters. The zero-order chi connectivity index (χ0) is 22.3. The second kappa shape index (κ2) is 10.4. The predicted octanol–water partition coefficient (Wildman–Crippen LogP) is 4.84. The minimum absolute atomic E-state index is 0.0183. The monoisotopic (exact) mass is 433 g/mol. The van der Waals surface area contributed by atoms with Gasteiger partial charge in [0, 0.05) is 31.0 Å². The first-order valence-corrected chi connectivity index (χ1v) is 11.1. The summed E-state index contributed by atoms with van der Waals surface area (Å²) < 4.78 is 19.2. The van der Waals surface area contributed by atoms with Gasteiger partial charge in [-0.25, -0.2) is 4.98 Å². The van der Waals surface area contributed by atoms with Crippen LogP contribution < -0.4 is 4.74 Å². The van der Waals surface area contributed by atoms with E-state index in [9.17, 15) is 9.18 Å². The fourth-order valence-corrected chi connectivity index (χ4v) is 4.20. The van der Waals surface area contributed by atoms with E-state index in [-0.39, 0.29) is 12.5 Å². The van der Waals surface area contributed by atoms with Crippen molar-refractivity contribution in [2.45, 2.75) is 32.6 Å². The maximum atomic E-state index is 13.4. The fraction of sp³-hybridized carbons (Fsp3) is 0.346. The molecule has 6 heteroatoms. The number of aromatic nitrogens is 2. The summed E-state index contributed by atoms with van der Waals surface area (Å²) in [5.74, 6) is 0.594. The molecule has 3 heterocycles. The zero-order valence-electron chi connectivity index (χ0n) is 18.3. The molecule has 1 amide bonds. The first-order valence-electron chi connectivity index (χ1n) is 11.1. The van der Waals surface area contributed by atoms with Gasteiger partial charge in [0.15, 0.2) is 6.61 Å². The largest absolute Gasteiger partial charge is 0.481 e. The van der Waals surface area contributed by atoms with Crippen molar-refractivity contribution in [3.8, 4) is 17.0 Å². The molecule has 1 aliphatic rings. The summed E-state index contributed by atoms with van der Waals surface area (Å²) in [5.41, 5.74) is 3.34. The van der Waals surface area contributed by atoms with Crippen LogP contribution in [0.4, 0.5) is 4.39 Å². The average Bonchev–Trinajstić information content (AvgIpc) is 2.82. The molecule has 0 aliphatic carbocycles. The van der Waals surface area contributed by atoms with E-state index in [1.165, 1.54) is 17.8 Å². The van der Waals surface area contributed by atoms with E-state index >= 15 is 0 Å². The number of likely N-dealkylation sites (tertiary alicyclic amines) is 1. The summed E-state index contributed by atoms with van der Waals surface area (Å²) in [6, 6.07) is 15.4. The van der Waals surface area contributed by atoms with Crippen LogP contribution in [0.1, 0.15) is 30.4 Å². The lowest BCUT2D eigenvalue weighted by molar-refractivity contribution is -0.134. The molecule has 0 spiro atoms. The molecule has 0 unspecified atom stereocenters. The highest BCUT2D eigenvalue weighted by Crippen LogP contribution is 2.30. The molecular weight excluding hydrogens is 405 g/mol. The highest BCUT2D eigenvalue weighted by atomic mass is 19.1. The van der Waals surface area contributed by atoms with Crippen LogP contribution in [0.5, 0.6) is 5.75 Å². The molecule has 0 saturated carbocycles. The van der Waals surface area contributed by atoms with Crippen molar-refractivity contribution >= 4 is 5.91 Å². The van der Waals surface area contributed by atoms with Gasteiger partial charge < -0.3 is 9.64 Å². The van der Waals surface area contributed by atoms with E-state index in [0.29, 0.717) is 28.5 Å². The molecule has 0 bridgehead atoms. The molecule has 1 aromatic carbocycles. The Hall–Kier alpha value is -3.28. The van der Waals surface area contributed by atoms with Crippen LogP contribution in [0.15, 0.2) is 60.9 Å². The highest BCUT2D eigenvalue weighted by Gasteiger charge is 2.23. The normalized spacial score (nSPS) is 14.4. The Morgan fingerprint density at radius 2 is 1.91 bits per heavy atom. The predicted molar refractivity (Wildman–Crippen MR) is 122 cm³/mol. The Balaban J connectivity index is 1.29. The molecule has 0 radical (unpaired) electrons.